The van der Waals surface area contributed by atoms with Gasteiger partial charge in [-0.25, -0.2) is 4.39 Å². The normalized spacial score (nSPS) is 14.8. The van der Waals surface area contributed by atoms with Crippen molar-refractivity contribution in [1.82, 2.24) is 5.32 Å². The van der Waals surface area contributed by atoms with Crippen molar-refractivity contribution in [3.05, 3.63) is 34.6 Å². The molecular weight excluding hydrogens is 225 g/mol. The topological polar surface area (TPSA) is 12.0 Å². The summed E-state index contributed by atoms with van der Waals surface area (Å²) < 4.78 is 13.9. The Kier molecular flexibility index (Phi) is 5.23. The van der Waals surface area contributed by atoms with Gasteiger partial charge < -0.3 is 5.32 Å². The zero-order chi connectivity index (χ0) is 12.1. The summed E-state index contributed by atoms with van der Waals surface area (Å²) in [4.78, 5) is 0. The maximum Gasteiger partial charge on any atom is 0.146 e. The van der Waals surface area contributed by atoms with Crippen molar-refractivity contribution >= 4 is 11.6 Å². The van der Waals surface area contributed by atoms with Gasteiger partial charge in [-0.2, -0.15) is 0 Å². The molecular formula is C13H19ClFN. The maximum atomic E-state index is 13.9. The van der Waals surface area contributed by atoms with E-state index in [4.69, 9.17) is 11.6 Å². The summed E-state index contributed by atoms with van der Waals surface area (Å²) in [6.07, 6.45) is 1.00. The molecule has 0 aliphatic carbocycles. The van der Waals surface area contributed by atoms with Crippen LogP contribution in [0.4, 0.5) is 4.39 Å². The maximum absolute atomic E-state index is 13.9. The van der Waals surface area contributed by atoms with E-state index in [-0.39, 0.29) is 16.9 Å². The summed E-state index contributed by atoms with van der Waals surface area (Å²) >= 11 is 5.80. The summed E-state index contributed by atoms with van der Waals surface area (Å²) in [5.74, 6) is 0.0864. The van der Waals surface area contributed by atoms with Gasteiger partial charge in [0.25, 0.3) is 0 Å². The molecule has 1 nitrogen and oxygen atoms in total. The fraction of sp³-hybridized carbons (Fsp3) is 0.538. The highest BCUT2D eigenvalue weighted by molar-refractivity contribution is 6.30. The van der Waals surface area contributed by atoms with E-state index in [1.165, 1.54) is 0 Å². The fourth-order valence-electron chi connectivity index (χ4n) is 1.83. The second-order valence-electron chi connectivity index (χ2n) is 4.06. The number of hydrogen-bond donors (Lipinski definition) is 1. The van der Waals surface area contributed by atoms with Gasteiger partial charge in [-0.05, 0) is 18.5 Å². The van der Waals surface area contributed by atoms with Gasteiger partial charge >= 0.3 is 0 Å². The van der Waals surface area contributed by atoms with E-state index in [0.29, 0.717) is 11.5 Å². The van der Waals surface area contributed by atoms with Gasteiger partial charge in [0.1, 0.15) is 5.82 Å². The lowest BCUT2D eigenvalue weighted by molar-refractivity contribution is 0.372. The average molecular weight is 244 g/mol. The van der Waals surface area contributed by atoms with Crippen LogP contribution in [0.25, 0.3) is 0 Å². The predicted octanol–water partition coefficient (Wildman–Crippen LogP) is 4.18. The lowest BCUT2D eigenvalue weighted by Gasteiger charge is -2.25. The number of hydrogen-bond acceptors (Lipinski definition) is 1. The van der Waals surface area contributed by atoms with Crippen LogP contribution >= 0.6 is 11.6 Å². The molecule has 0 aromatic heterocycles. The summed E-state index contributed by atoms with van der Waals surface area (Å²) in [5, 5.41) is 3.52. The molecule has 1 aromatic carbocycles. The minimum Gasteiger partial charge on any atom is -0.310 e. The number of halogens is 2. The highest BCUT2D eigenvalue weighted by Gasteiger charge is 2.21. The molecule has 0 amide bonds. The molecule has 1 rings (SSSR count). The summed E-state index contributed by atoms with van der Waals surface area (Å²) in [7, 11) is 0. The van der Waals surface area contributed by atoms with Gasteiger partial charge in [-0.1, -0.05) is 50.9 Å². The van der Waals surface area contributed by atoms with Crippen LogP contribution in [0.5, 0.6) is 0 Å². The monoisotopic (exact) mass is 243 g/mol. The zero-order valence-corrected chi connectivity index (χ0v) is 10.8. The smallest absolute Gasteiger partial charge is 0.146 e. The first-order valence-electron chi connectivity index (χ1n) is 5.79. The van der Waals surface area contributed by atoms with Gasteiger partial charge in [0.05, 0.1) is 5.02 Å². The molecule has 0 fully saturated rings. The second-order valence-corrected chi connectivity index (χ2v) is 4.47. The SMILES string of the molecule is CCNC(c1cccc(Cl)c1F)C(C)CC. The van der Waals surface area contributed by atoms with Crippen molar-refractivity contribution in [2.24, 2.45) is 5.92 Å². The lowest BCUT2D eigenvalue weighted by atomic mass is 9.92. The zero-order valence-electron chi connectivity index (χ0n) is 10.1. The molecule has 0 heterocycles. The van der Waals surface area contributed by atoms with E-state index in [1.54, 1.807) is 18.2 Å². The van der Waals surface area contributed by atoms with Gasteiger partial charge in [0.15, 0.2) is 0 Å². The van der Waals surface area contributed by atoms with E-state index in [2.05, 4.69) is 19.2 Å². The van der Waals surface area contributed by atoms with Crippen LogP contribution in [-0.2, 0) is 0 Å². The van der Waals surface area contributed by atoms with Crippen LogP contribution < -0.4 is 5.32 Å². The highest BCUT2D eigenvalue weighted by atomic mass is 35.5. The Morgan fingerprint density at radius 2 is 2.06 bits per heavy atom. The first-order valence-corrected chi connectivity index (χ1v) is 6.16. The fourth-order valence-corrected chi connectivity index (χ4v) is 2.02. The summed E-state index contributed by atoms with van der Waals surface area (Å²) in [6, 6.07) is 5.22. The second kappa shape index (κ2) is 6.21. The summed E-state index contributed by atoms with van der Waals surface area (Å²) in [5.41, 5.74) is 0.670. The molecule has 2 unspecified atom stereocenters. The molecule has 1 aromatic rings. The highest BCUT2D eigenvalue weighted by Crippen LogP contribution is 2.29. The number of benzene rings is 1. The Labute approximate surface area is 102 Å². The van der Waals surface area contributed by atoms with Crippen molar-refractivity contribution in [3.8, 4) is 0 Å². The first kappa shape index (κ1) is 13.5. The van der Waals surface area contributed by atoms with Crippen LogP contribution in [0.15, 0.2) is 18.2 Å². The minimum atomic E-state index is -0.296. The van der Waals surface area contributed by atoms with E-state index >= 15 is 0 Å². The van der Waals surface area contributed by atoms with Crippen LogP contribution in [0.2, 0.25) is 5.02 Å². The Balaban J connectivity index is 3.05. The van der Waals surface area contributed by atoms with Crippen molar-refractivity contribution in [3.63, 3.8) is 0 Å². The standard InChI is InChI=1S/C13H19ClFN/c1-4-9(3)13(16-5-2)10-7-6-8-11(14)12(10)15/h6-9,13,16H,4-5H2,1-3H3. The third-order valence-corrected chi connectivity index (χ3v) is 3.25. The molecule has 0 saturated heterocycles. The Hall–Kier alpha value is -0.600. The van der Waals surface area contributed by atoms with Gasteiger partial charge in [0.2, 0.25) is 0 Å². The molecule has 1 N–H and O–H groups in total. The van der Waals surface area contributed by atoms with E-state index in [0.717, 1.165) is 13.0 Å². The van der Waals surface area contributed by atoms with Crippen LogP contribution in [-0.4, -0.2) is 6.54 Å². The number of nitrogens with one attached hydrogen (secondary N) is 1. The van der Waals surface area contributed by atoms with E-state index in [9.17, 15) is 4.39 Å². The molecule has 90 valence electrons. The van der Waals surface area contributed by atoms with Crippen molar-refractivity contribution in [2.45, 2.75) is 33.2 Å². The molecule has 0 aliphatic rings. The van der Waals surface area contributed by atoms with E-state index < -0.39 is 0 Å². The third-order valence-electron chi connectivity index (χ3n) is 2.95. The van der Waals surface area contributed by atoms with Crippen molar-refractivity contribution < 1.29 is 4.39 Å². The molecule has 2 atom stereocenters. The molecule has 0 aliphatic heterocycles. The van der Waals surface area contributed by atoms with Gasteiger partial charge in [-0.3, -0.25) is 0 Å². The summed E-state index contributed by atoms with van der Waals surface area (Å²) in [6.45, 7) is 7.07. The first-order chi connectivity index (χ1) is 7.61. The van der Waals surface area contributed by atoms with Crippen molar-refractivity contribution in [1.29, 1.82) is 0 Å². The minimum absolute atomic E-state index is 0.0358. The van der Waals surface area contributed by atoms with Gasteiger partial charge in [-0.15, -0.1) is 0 Å². The lowest BCUT2D eigenvalue weighted by Crippen LogP contribution is -2.27. The molecule has 0 saturated carbocycles. The molecule has 0 bridgehead atoms. The van der Waals surface area contributed by atoms with E-state index in [1.807, 2.05) is 6.92 Å². The Morgan fingerprint density at radius 3 is 2.62 bits per heavy atom. The molecule has 0 spiro atoms. The van der Waals surface area contributed by atoms with Gasteiger partial charge in [0, 0.05) is 11.6 Å². The Bertz CT molecular complexity index is 341. The van der Waals surface area contributed by atoms with Crippen LogP contribution in [0, 0.1) is 11.7 Å². The largest absolute Gasteiger partial charge is 0.310 e. The van der Waals surface area contributed by atoms with Crippen LogP contribution in [0.1, 0.15) is 38.8 Å². The number of rotatable bonds is 5. The van der Waals surface area contributed by atoms with Crippen LogP contribution in [0.3, 0.4) is 0 Å². The molecule has 0 radical (unpaired) electrons. The predicted molar refractivity (Wildman–Crippen MR) is 67.3 cm³/mol. The average Bonchev–Trinajstić information content (AvgIpc) is 2.29. The molecule has 3 heteroatoms. The van der Waals surface area contributed by atoms with Crippen molar-refractivity contribution in [2.75, 3.05) is 6.54 Å². The Morgan fingerprint density at radius 1 is 1.38 bits per heavy atom. The quantitative estimate of drug-likeness (QED) is 0.818. The molecule has 16 heavy (non-hydrogen) atoms. The third kappa shape index (κ3) is 2.96.